The lowest BCUT2D eigenvalue weighted by Gasteiger charge is -2.29. The van der Waals surface area contributed by atoms with Crippen molar-refractivity contribution in [2.75, 3.05) is 20.1 Å². The van der Waals surface area contributed by atoms with Gasteiger partial charge >= 0.3 is 0 Å². The molecule has 1 aliphatic rings. The van der Waals surface area contributed by atoms with Gasteiger partial charge < -0.3 is 20.1 Å². The molecule has 0 saturated carbocycles. The van der Waals surface area contributed by atoms with E-state index in [0.717, 1.165) is 0 Å². The van der Waals surface area contributed by atoms with E-state index in [1.165, 1.54) is 4.90 Å². The minimum Gasteiger partial charge on any atom is -0.357 e. The maximum atomic E-state index is 13.1. The van der Waals surface area contributed by atoms with E-state index in [0.29, 0.717) is 55.7 Å². The van der Waals surface area contributed by atoms with Crippen LogP contribution in [0.2, 0.25) is 0 Å². The smallest absolute Gasteiger partial charge is 0.270 e. The molecule has 1 aliphatic heterocycles. The van der Waals surface area contributed by atoms with Gasteiger partial charge in [-0.15, -0.1) is 0 Å². The van der Waals surface area contributed by atoms with E-state index in [-0.39, 0.29) is 30.2 Å². The van der Waals surface area contributed by atoms with Crippen molar-refractivity contribution in [2.24, 2.45) is 5.92 Å². The van der Waals surface area contributed by atoms with Gasteiger partial charge in [0.2, 0.25) is 11.8 Å². The van der Waals surface area contributed by atoms with Crippen molar-refractivity contribution >= 4 is 17.7 Å². The van der Waals surface area contributed by atoms with Gasteiger partial charge in [-0.05, 0) is 44.7 Å². The highest BCUT2D eigenvalue weighted by Gasteiger charge is 2.29. The summed E-state index contributed by atoms with van der Waals surface area (Å²) >= 11 is 0. The topological polar surface area (TPSA) is 116 Å². The Morgan fingerprint density at radius 2 is 2.00 bits per heavy atom. The highest BCUT2D eigenvalue weighted by Crippen LogP contribution is 2.21. The molecule has 2 atom stereocenters. The van der Waals surface area contributed by atoms with E-state index >= 15 is 0 Å². The number of aromatic amines is 1. The standard InChI is InChI=1S/C23H35N7O3/c1-15(2)14-19-21-25-17(4)27-30(21)13-12-29(23(33)18-8-6-10-24-18)11-7-9-20(31)28(5)16(3)22(32)26-19/h6,8,10,15-16,19,24H,7,9,11-14H2,1-5H3,(H,26,32)/t16-,19+/m0/s1. The van der Waals surface area contributed by atoms with Crippen LogP contribution in [0.5, 0.6) is 0 Å². The predicted octanol–water partition coefficient (Wildman–Crippen LogP) is 1.90. The first-order valence-electron chi connectivity index (χ1n) is 11.6. The number of fused-ring (bicyclic) bond motifs is 1. The first-order chi connectivity index (χ1) is 15.7. The number of carbonyl (C=O) groups excluding carboxylic acids is 3. The van der Waals surface area contributed by atoms with Gasteiger partial charge in [-0.1, -0.05) is 13.8 Å². The van der Waals surface area contributed by atoms with Gasteiger partial charge in [0, 0.05) is 32.8 Å². The summed E-state index contributed by atoms with van der Waals surface area (Å²) in [5.41, 5.74) is 0.508. The molecule has 3 heterocycles. The van der Waals surface area contributed by atoms with E-state index in [9.17, 15) is 14.4 Å². The van der Waals surface area contributed by atoms with Gasteiger partial charge in [0.25, 0.3) is 5.91 Å². The van der Waals surface area contributed by atoms with Crippen LogP contribution in [0.4, 0.5) is 0 Å². The monoisotopic (exact) mass is 457 g/mol. The number of amides is 3. The van der Waals surface area contributed by atoms with Crippen molar-refractivity contribution in [3.05, 3.63) is 35.7 Å². The van der Waals surface area contributed by atoms with E-state index < -0.39 is 6.04 Å². The first kappa shape index (κ1) is 24.5. The summed E-state index contributed by atoms with van der Waals surface area (Å²) < 4.78 is 1.79. The number of nitrogens with one attached hydrogen (secondary N) is 2. The summed E-state index contributed by atoms with van der Waals surface area (Å²) in [4.78, 5) is 49.6. The zero-order valence-electron chi connectivity index (χ0n) is 20.2. The van der Waals surface area contributed by atoms with Gasteiger partial charge in [-0.2, -0.15) is 5.10 Å². The molecule has 180 valence electrons. The summed E-state index contributed by atoms with van der Waals surface area (Å²) in [6, 6.07) is 2.56. The molecule has 3 rings (SSSR count). The third-order valence-corrected chi connectivity index (χ3v) is 6.01. The van der Waals surface area contributed by atoms with Crippen molar-refractivity contribution in [3.63, 3.8) is 0 Å². The molecule has 0 spiro atoms. The molecule has 0 fully saturated rings. The van der Waals surface area contributed by atoms with Crippen molar-refractivity contribution < 1.29 is 14.4 Å². The van der Waals surface area contributed by atoms with Crippen LogP contribution in [0.15, 0.2) is 18.3 Å². The SMILES string of the molecule is Cc1nc2n(n1)CCN(C(=O)c1ccc[nH]1)CCCC(=O)N(C)[C@@H](C)C(=O)N[C@@H]2CC(C)C. The number of aromatic nitrogens is 4. The second kappa shape index (κ2) is 10.6. The molecule has 10 nitrogen and oxygen atoms in total. The summed E-state index contributed by atoms with van der Waals surface area (Å²) in [6.07, 6.45) is 3.16. The van der Waals surface area contributed by atoms with Crippen LogP contribution in [0.25, 0.3) is 0 Å². The number of nitrogens with zero attached hydrogens (tertiary/aromatic N) is 5. The summed E-state index contributed by atoms with van der Waals surface area (Å²) in [5, 5.41) is 7.64. The van der Waals surface area contributed by atoms with Crippen LogP contribution >= 0.6 is 0 Å². The Labute approximate surface area is 194 Å². The van der Waals surface area contributed by atoms with Crippen LogP contribution in [0, 0.1) is 12.8 Å². The van der Waals surface area contributed by atoms with Crippen molar-refractivity contribution in [1.82, 2.24) is 34.9 Å². The molecule has 0 aliphatic carbocycles. The number of hydrogen-bond acceptors (Lipinski definition) is 5. The van der Waals surface area contributed by atoms with Crippen LogP contribution in [-0.4, -0.2) is 73.4 Å². The fourth-order valence-corrected chi connectivity index (χ4v) is 4.04. The Morgan fingerprint density at radius 1 is 1.24 bits per heavy atom. The Morgan fingerprint density at radius 3 is 2.67 bits per heavy atom. The van der Waals surface area contributed by atoms with Crippen molar-refractivity contribution in [1.29, 1.82) is 0 Å². The van der Waals surface area contributed by atoms with Gasteiger partial charge in [0.05, 0.1) is 12.6 Å². The average Bonchev–Trinajstić information content (AvgIpc) is 3.42. The molecule has 2 aromatic heterocycles. The lowest BCUT2D eigenvalue weighted by molar-refractivity contribution is -0.138. The molecular weight excluding hydrogens is 422 g/mol. The molecule has 0 bridgehead atoms. The summed E-state index contributed by atoms with van der Waals surface area (Å²) in [6.45, 7) is 8.99. The Bertz CT molecular complexity index is 967. The quantitative estimate of drug-likeness (QED) is 0.730. The second-order valence-corrected chi connectivity index (χ2v) is 9.09. The van der Waals surface area contributed by atoms with Crippen molar-refractivity contribution in [3.8, 4) is 0 Å². The number of carbonyl (C=O) groups is 3. The molecule has 3 amide bonds. The van der Waals surface area contributed by atoms with Gasteiger partial charge in [0.1, 0.15) is 23.4 Å². The van der Waals surface area contributed by atoms with Crippen LogP contribution < -0.4 is 5.32 Å². The highest BCUT2D eigenvalue weighted by atomic mass is 16.2. The molecule has 0 radical (unpaired) electrons. The molecule has 0 aromatic carbocycles. The average molecular weight is 458 g/mol. The van der Waals surface area contributed by atoms with E-state index in [1.54, 1.807) is 41.9 Å². The predicted molar refractivity (Wildman–Crippen MR) is 123 cm³/mol. The lowest BCUT2D eigenvalue weighted by atomic mass is 10.0. The number of hydrogen-bond donors (Lipinski definition) is 2. The maximum absolute atomic E-state index is 13.1. The molecule has 0 saturated heterocycles. The number of rotatable bonds is 3. The molecule has 10 heteroatoms. The highest BCUT2D eigenvalue weighted by molar-refractivity contribution is 5.92. The third kappa shape index (κ3) is 6.00. The molecule has 2 N–H and O–H groups in total. The third-order valence-electron chi connectivity index (χ3n) is 6.01. The Balaban J connectivity index is 1.95. The number of likely N-dealkylation sites (N-methyl/N-ethyl adjacent to an activating group) is 1. The van der Waals surface area contributed by atoms with Gasteiger partial charge in [-0.25, -0.2) is 9.67 Å². The maximum Gasteiger partial charge on any atom is 0.270 e. The summed E-state index contributed by atoms with van der Waals surface area (Å²) in [7, 11) is 1.64. The van der Waals surface area contributed by atoms with E-state index in [1.807, 2.05) is 6.92 Å². The molecular formula is C23H35N7O3. The fraction of sp³-hybridized carbons (Fsp3) is 0.609. The lowest BCUT2D eigenvalue weighted by Crippen LogP contribution is -2.47. The zero-order valence-corrected chi connectivity index (χ0v) is 20.2. The minimum atomic E-state index is -0.621. The molecule has 0 unspecified atom stereocenters. The zero-order chi connectivity index (χ0) is 24.1. The second-order valence-electron chi connectivity index (χ2n) is 9.09. The first-order valence-corrected chi connectivity index (χ1v) is 11.6. The van der Waals surface area contributed by atoms with Gasteiger partial charge in [0.15, 0.2) is 0 Å². The number of aryl methyl sites for hydroxylation is 1. The molecule has 33 heavy (non-hydrogen) atoms. The van der Waals surface area contributed by atoms with Crippen LogP contribution in [0.1, 0.15) is 68.2 Å². The van der Waals surface area contributed by atoms with E-state index in [2.05, 4.69) is 34.2 Å². The normalized spacial score (nSPS) is 21.0. The van der Waals surface area contributed by atoms with Crippen molar-refractivity contribution in [2.45, 2.75) is 65.6 Å². The fourth-order valence-electron chi connectivity index (χ4n) is 4.04. The molecule has 2 aromatic rings. The van der Waals surface area contributed by atoms with Crippen LogP contribution in [0.3, 0.4) is 0 Å². The van der Waals surface area contributed by atoms with E-state index in [4.69, 9.17) is 0 Å². The Kier molecular flexibility index (Phi) is 7.88. The minimum absolute atomic E-state index is 0.119. The summed E-state index contributed by atoms with van der Waals surface area (Å²) in [5.74, 6) is 1.12. The number of H-pyrrole nitrogens is 1. The Hall–Kier alpha value is -3.17. The van der Waals surface area contributed by atoms with Gasteiger partial charge in [-0.3, -0.25) is 14.4 Å². The largest absolute Gasteiger partial charge is 0.357 e. The van der Waals surface area contributed by atoms with Crippen LogP contribution in [-0.2, 0) is 16.1 Å².